The van der Waals surface area contributed by atoms with Gasteiger partial charge in [-0.25, -0.2) is 0 Å². The Bertz CT molecular complexity index is 324. The topological polar surface area (TPSA) is 26.3 Å². The summed E-state index contributed by atoms with van der Waals surface area (Å²) in [5, 5.41) is -0.708. The van der Waals surface area contributed by atoms with E-state index in [4.69, 9.17) is 16.3 Å². The highest BCUT2D eigenvalue weighted by Gasteiger charge is 2.18. The lowest BCUT2D eigenvalue weighted by Gasteiger charge is -2.09. The van der Waals surface area contributed by atoms with E-state index in [-0.39, 0.29) is 0 Å². The zero-order chi connectivity index (χ0) is 11.3. The first-order valence-corrected chi connectivity index (χ1v) is 6.29. The van der Waals surface area contributed by atoms with Crippen LogP contribution >= 0.6 is 23.4 Å². The molecule has 0 radical (unpaired) electrons. The minimum atomic E-state index is -0.708. The Kier molecular flexibility index (Phi) is 4.99. The Labute approximate surface area is 99.0 Å². The fourth-order valence-electron chi connectivity index (χ4n) is 1.12. The second-order valence-electron chi connectivity index (χ2n) is 2.89. The molecule has 0 bridgehead atoms. The summed E-state index contributed by atoms with van der Waals surface area (Å²) in [6.07, 6.45) is 2.00. The van der Waals surface area contributed by atoms with E-state index in [0.29, 0.717) is 6.61 Å². The van der Waals surface area contributed by atoms with Crippen LogP contribution in [0.25, 0.3) is 0 Å². The molecule has 1 unspecified atom stereocenters. The molecule has 1 rings (SSSR count). The molecular formula is C11H13ClO2S. The van der Waals surface area contributed by atoms with Crippen molar-refractivity contribution in [3.05, 3.63) is 29.8 Å². The first kappa shape index (κ1) is 12.4. The van der Waals surface area contributed by atoms with Gasteiger partial charge in [-0.15, -0.1) is 23.4 Å². The van der Waals surface area contributed by atoms with E-state index in [1.807, 2.05) is 30.5 Å². The summed E-state index contributed by atoms with van der Waals surface area (Å²) in [7, 11) is 0. The third-order valence-electron chi connectivity index (χ3n) is 1.90. The van der Waals surface area contributed by atoms with Gasteiger partial charge in [0.25, 0.3) is 0 Å². The van der Waals surface area contributed by atoms with Crippen molar-refractivity contribution >= 4 is 29.3 Å². The van der Waals surface area contributed by atoms with E-state index in [1.165, 1.54) is 0 Å². The molecule has 0 fully saturated rings. The van der Waals surface area contributed by atoms with Crippen LogP contribution in [0.15, 0.2) is 29.2 Å². The molecule has 0 aliphatic rings. The molecule has 0 heterocycles. The number of halogens is 1. The maximum absolute atomic E-state index is 11.3. The van der Waals surface area contributed by atoms with E-state index < -0.39 is 11.3 Å². The second-order valence-corrected chi connectivity index (χ2v) is 4.20. The highest BCUT2D eigenvalue weighted by Crippen LogP contribution is 2.24. The van der Waals surface area contributed by atoms with Crippen molar-refractivity contribution in [1.82, 2.24) is 0 Å². The van der Waals surface area contributed by atoms with Crippen molar-refractivity contribution in [2.75, 3.05) is 12.9 Å². The van der Waals surface area contributed by atoms with Gasteiger partial charge in [0.2, 0.25) is 0 Å². The van der Waals surface area contributed by atoms with Crippen LogP contribution in [0.4, 0.5) is 0 Å². The van der Waals surface area contributed by atoms with Gasteiger partial charge in [-0.3, -0.25) is 4.79 Å². The van der Waals surface area contributed by atoms with Crippen molar-refractivity contribution in [2.45, 2.75) is 17.2 Å². The van der Waals surface area contributed by atoms with Gasteiger partial charge in [-0.2, -0.15) is 0 Å². The van der Waals surface area contributed by atoms with Gasteiger partial charge >= 0.3 is 5.97 Å². The number of carbonyl (C=O) groups excluding carboxylic acids is 1. The normalized spacial score (nSPS) is 12.2. The first-order valence-electron chi connectivity index (χ1n) is 4.63. The monoisotopic (exact) mass is 244 g/mol. The lowest BCUT2D eigenvalue weighted by atomic mass is 10.1. The number of ether oxygens (including phenoxy) is 1. The molecule has 0 aromatic heterocycles. The van der Waals surface area contributed by atoms with E-state index in [0.717, 1.165) is 10.5 Å². The van der Waals surface area contributed by atoms with E-state index in [1.54, 1.807) is 18.7 Å². The lowest BCUT2D eigenvalue weighted by molar-refractivity contribution is -0.142. The number of thioether (sulfide) groups is 1. The van der Waals surface area contributed by atoms with E-state index in [2.05, 4.69) is 0 Å². The summed E-state index contributed by atoms with van der Waals surface area (Å²) in [6, 6.07) is 7.57. The standard InChI is InChI=1S/C11H13ClO2S/c1-3-14-11(13)10(12)8-4-6-9(15-2)7-5-8/h4-7,10H,3H2,1-2H3. The molecule has 1 aromatic rings. The summed E-state index contributed by atoms with van der Waals surface area (Å²) >= 11 is 7.60. The second kappa shape index (κ2) is 6.03. The van der Waals surface area contributed by atoms with Gasteiger partial charge in [0, 0.05) is 4.90 Å². The Morgan fingerprint density at radius 2 is 2.07 bits per heavy atom. The average molecular weight is 245 g/mol. The minimum Gasteiger partial charge on any atom is -0.465 e. The maximum atomic E-state index is 11.3. The fourth-order valence-corrected chi connectivity index (χ4v) is 1.74. The lowest BCUT2D eigenvalue weighted by Crippen LogP contribution is -2.10. The number of alkyl halides is 1. The van der Waals surface area contributed by atoms with Gasteiger partial charge in [0.1, 0.15) is 0 Å². The number of esters is 1. The van der Waals surface area contributed by atoms with Gasteiger partial charge in [-0.1, -0.05) is 12.1 Å². The van der Waals surface area contributed by atoms with Crippen molar-refractivity contribution < 1.29 is 9.53 Å². The van der Waals surface area contributed by atoms with Gasteiger partial charge in [0.15, 0.2) is 5.38 Å². The molecule has 2 nitrogen and oxygen atoms in total. The smallest absolute Gasteiger partial charge is 0.328 e. The number of hydrogen-bond donors (Lipinski definition) is 0. The van der Waals surface area contributed by atoms with Crippen LogP contribution in [-0.4, -0.2) is 18.8 Å². The first-order chi connectivity index (χ1) is 7.19. The van der Waals surface area contributed by atoms with E-state index >= 15 is 0 Å². The van der Waals surface area contributed by atoms with Crippen LogP contribution in [0.1, 0.15) is 17.9 Å². The van der Waals surface area contributed by atoms with Crippen LogP contribution in [0.5, 0.6) is 0 Å². The number of carbonyl (C=O) groups is 1. The number of benzene rings is 1. The molecular weight excluding hydrogens is 232 g/mol. The zero-order valence-corrected chi connectivity index (χ0v) is 10.3. The Hall–Kier alpha value is -0.670. The third-order valence-corrected chi connectivity index (χ3v) is 3.08. The van der Waals surface area contributed by atoms with Crippen LogP contribution in [0, 0.1) is 0 Å². The summed E-state index contributed by atoms with van der Waals surface area (Å²) < 4.78 is 4.84. The van der Waals surface area contributed by atoms with Crippen molar-refractivity contribution in [3.63, 3.8) is 0 Å². The molecule has 4 heteroatoms. The molecule has 0 aliphatic carbocycles. The summed E-state index contributed by atoms with van der Waals surface area (Å²) in [4.78, 5) is 12.5. The Morgan fingerprint density at radius 1 is 1.47 bits per heavy atom. The third kappa shape index (κ3) is 3.43. The van der Waals surface area contributed by atoms with Crippen molar-refractivity contribution in [2.24, 2.45) is 0 Å². The number of rotatable bonds is 4. The largest absolute Gasteiger partial charge is 0.465 e. The Balaban J connectivity index is 2.73. The summed E-state index contributed by atoms with van der Waals surface area (Å²) in [6.45, 7) is 2.11. The van der Waals surface area contributed by atoms with Gasteiger partial charge < -0.3 is 4.74 Å². The fraction of sp³-hybridized carbons (Fsp3) is 0.364. The van der Waals surface area contributed by atoms with Crippen LogP contribution in [0.3, 0.4) is 0 Å². The van der Waals surface area contributed by atoms with Gasteiger partial charge in [0.05, 0.1) is 6.61 Å². The van der Waals surface area contributed by atoms with Crippen LogP contribution in [0.2, 0.25) is 0 Å². The van der Waals surface area contributed by atoms with Crippen LogP contribution in [-0.2, 0) is 9.53 Å². The van der Waals surface area contributed by atoms with Gasteiger partial charge in [-0.05, 0) is 30.9 Å². The highest BCUT2D eigenvalue weighted by atomic mass is 35.5. The molecule has 0 amide bonds. The summed E-state index contributed by atoms with van der Waals surface area (Å²) in [5.41, 5.74) is 0.771. The number of hydrogen-bond acceptors (Lipinski definition) is 3. The Morgan fingerprint density at radius 3 is 2.53 bits per heavy atom. The quantitative estimate of drug-likeness (QED) is 0.462. The molecule has 0 N–H and O–H groups in total. The molecule has 15 heavy (non-hydrogen) atoms. The molecule has 0 spiro atoms. The zero-order valence-electron chi connectivity index (χ0n) is 8.70. The van der Waals surface area contributed by atoms with Crippen molar-refractivity contribution in [3.8, 4) is 0 Å². The molecule has 1 atom stereocenters. The predicted octanol–water partition coefficient (Wildman–Crippen LogP) is 3.25. The van der Waals surface area contributed by atoms with E-state index in [9.17, 15) is 4.79 Å². The molecule has 0 saturated carbocycles. The molecule has 0 aliphatic heterocycles. The van der Waals surface area contributed by atoms with Crippen LogP contribution < -0.4 is 0 Å². The SMILES string of the molecule is CCOC(=O)C(Cl)c1ccc(SC)cc1. The molecule has 1 aromatic carbocycles. The highest BCUT2D eigenvalue weighted by molar-refractivity contribution is 7.98. The molecule has 82 valence electrons. The average Bonchev–Trinajstić information content (AvgIpc) is 2.28. The minimum absolute atomic E-state index is 0.352. The summed E-state index contributed by atoms with van der Waals surface area (Å²) in [5.74, 6) is -0.393. The predicted molar refractivity (Wildman–Crippen MR) is 63.5 cm³/mol. The molecule has 0 saturated heterocycles. The maximum Gasteiger partial charge on any atom is 0.328 e. The van der Waals surface area contributed by atoms with Crippen molar-refractivity contribution in [1.29, 1.82) is 0 Å².